The first-order valence-electron chi connectivity index (χ1n) is 9.53. The van der Waals surface area contributed by atoms with Crippen LogP contribution >= 0.6 is 15.9 Å². The first kappa shape index (κ1) is 22.3. The van der Waals surface area contributed by atoms with Crippen LogP contribution in [0.1, 0.15) is 32.0 Å². The van der Waals surface area contributed by atoms with Gasteiger partial charge in [-0.2, -0.15) is 0 Å². The van der Waals surface area contributed by atoms with Gasteiger partial charge in [0.1, 0.15) is 0 Å². The quantitative estimate of drug-likeness (QED) is 0.534. The van der Waals surface area contributed by atoms with Gasteiger partial charge in [-0.3, -0.25) is 14.4 Å². The van der Waals surface area contributed by atoms with Gasteiger partial charge in [0.15, 0.2) is 10.4 Å². The van der Waals surface area contributed by atoms with Crippen molar-refractivity contribution in [1.29, 1.82) is 0 Å². The van der Waals surface area contributed by atoms with Gasteiger partial charge < -0.3 is 20.0 Å². The number of aryl methyl sites for hydroxylation is 1. The number of halogens is 1. The predicted octanol–water partition coefficient (Wildman–Crippen LogP) is 4.62. The first-order valence-corrected chi connectivity index (χ1v) is 10.3. The molecule has 0 aliphatic carbocycles. The molecule has 0 aliphatic rings. The van der Waals surface area contributed by atoms with E-state index in [1.165, 1.54) is 4.90 Å². The molecule has 0 spiro atoms. The van der Waals surface area contributed by atoms with Crippen molar-refractivity contribution in [3.63, 3.8) is 0 Å². The molecule has 3 rings (SSSR count). The molecular weight excluding hydrogens is 462 g/mol. The number of carbonyl (C=O) groups is 3. The fourth-order valence-corrected chi connectivity index (χ4v) is 3.22. The van der Waals surface area contributed by atoms with E-state index in [2.05, 4.69) is 26.6 Å². The van der Waals surface area contributed by atoms with E-state index in [-0.39, 0.29) is 24.1 Å². The van der Waals surface area contributed by atoms with Crippen molar-refractivity contribution in [2.75, 3.05) is 24.2 Å². The number of anilines is 2. The van der Waals surface area contributed by atoms with E-state index in [4.69, 9.17) is 4.42 Å². The van der Waals surface area contributed by atoms with Crippen molar-refractivity contribution in [2.45, 2.75) is 13.8 Å². The van der Waals surface area contributed by atoms with Crippen LogP contribution in [-0.2, 0) is 4.79 Å². The number of carbonyl (C=O) groups excluding carboxylic acids is 3. The first-order chi connectivity index (χ1) is 14.7. The van der Waals surface area contributed by atoms with Crippen LogP contribution in [0.15, 0.2) is 63.7 Å². The Labute approximate surface area is 188 Å². The van der Waals surface area contributed by atoms with Gasteiger partial charge in [0.05, 0.1) is 6.54 Å². The lowest BCUT2D eigenvalue weighted by atomic mass is 10.1. The van der Waals surface area contributed by atoms with Gasteiger partial charge in [-0.15, -0.1) is 0 Å². The molecule has 2 aromatic carbocycles. The fraction of sp³-hybridized carbons (Fsp3) is 0.174. The van der Waals surface area contributed by atoms with Crippen molar-refractivity contribution in [1.82, 2.24) is 4.90 Å². The Morgan fingerprint density at radius 2 is 1.68 bits per heavy atom. The Balaban J connectivity index is 1.58. The van der Waals surface area contributed by atoms with Gasteiger partial charge in [0, 0.05) is 24.0 Å². The third-order valence-corrected chi connectivity index (χ3v) is 5.22. The highest BCUT2D eigenvalue weighted by Crippen LogP contribution is 2.19. The summed E-state index contributed by atoms with van der Waals surface area (Å²) in [5, 5.41) is 5.54. The zero-order chi connectivity index (χ0) is 22.5. The fourth-order valence-electron chi connectivity index (χ4n) is 2.91. The summed E-state index contributed by atoms with van der Waals surface area (Å²) in [5.74, 6) is -0.811. The third kappa shape index (κ3) is 5.61. The van der Waals surface area contributed by atoms with E-state index in [0.717, 1.165) is 16.8 Å². The standard InChI is InChI=1S/C23H22BrN3O4/c1-14-5-4-6-18(15(14)2)26-21(28)13-27(3)23(30)16-7-9-17(10-8-16)25-22(29)19-11-12-20(24)31-19/h4-12H,13H2,1-3H3,(H,25,29)(H,26,28). The summed E-state index contributed by atoms with van der Waals surface area (Å²) in [6, 6.07) is 15.3. The number of hydrogen-bond acceptors (Lipinski definition) is 4. The number of benzene rings is 2. The molecule has 0 fully saturated rings. The Bertz CT molecular complexity index is 1120. The minimum absolute atomic E-state index is 0.0852. The van der Waals surface area contributed by atoms with E-state index in [1.54, 1.807) is 43.4 Å². The molecule has 0 radical (unpaired) electrons. The molecule has 0 unspecified atom stereocenters. The lowest BCUT2D eigenvalue weighted by molar-refractivity contribution is -0.116. The molecule has 0 bridgehead atoms. The second-order valence-electron chi connectivity index (χ2n) is 7.09. The van der Waals surface area contributed by atoms with Crippen LogP contribution in [-0.4, -0.2) is 36.2 Å². The highest BCUT2D eigenvalue weighted by molar-refractivity contribution is 9.10. The summed E-state index contributed by atoms with van der Waals surface area (Å²) in [7, 11) is 1.56. The number of amides is 3. The van der Waals surface area contributed by atoms with Gasteiger partial charge in [-0.25, -0.2) is 0 Å². The van der Waals surface area contributed by atoms with E-state index >= 15 is 0 Å². The van der Waals surface area contributed by atoms with E-state index < -0.39 is 5.91 Å². The van der Waals surface area contributed by atoms with Gasteiger partial charge in [0.25, 0.3) is 11.8 Å². The largest absolute Gasteiger partial charge is 0.444 e. The molecular formula is C23H22BrN3O4. The topological polar surface area (TPSA) is 91.7 Å². The van der Waals surface area contributed by atoms with Crippen LogP contribution in [0.3, 0.4) is 0 Å². The summed E-state index contributed by atoms with van der Waals surface area (Å²) in [4.78, 5) is 38.5. The minimum atomic E-state index is -0.398. The number of rotatable bonds is 6. The van der Waals surface area contributed by atoms with Crippen LogP contribution in [0.4, 0.5) is 11.4 Å². The molecule has 8 heteroatoms. The van der Waals surface area contributed by atoms with Crippen molar-refractivity contribution in [3.8, 4) is 0 Å². The molecule has 160 valence electrons. The zero-order valence-corrected chi connectivity index (χ0v) is 18.9. The maximum absolute atomic E-state index is 12.6. The smallest absolute Gasteiger partial charge is 0.291 e. The third-order valence-electron chi connectivity index (χ3n) is 4.79. The second kappa shape index (κ2) is 9.61. The van der Waals surface area contributed by atoms with E-state index in [0.29, 0.717) is 15.9 Å². The molecule has 0 saturated carbocycles. The predicted molar refractivity (Wildman–Crippen MR) is 122 cm³/mol. The lowest BCUT2D eigenvalue weighted by Crippen LogP contribution is -2.35. The Morgan fingerprint density at radius 3 is 2.32 bits per heavy atom. The zero-order valence-electron chi connectivity index (χ0n) is 17.4. The number of hydrogen-bond donors (Lipinski definition) is 2. The average Bonchev–Trinajstić information content (AvgIpc) is 3.18. The summed E-state index contributed by atoms with van der Waals surface area (Å²) < 4.78 is 5.67. The molecule has 0 saturated heterocycles. The molecule has 31 heavy (non-hydrogen) atoms. The SMILES string of the molecule is Cc1cccc(NC(=O)CN(C)C(=O)c2ccc(NC(=O)c3ccc(Br)o3)cc2)c1C. The maximum atomic E-state index is 12.6. The average molecular weight is 484 g/mol. The van der Waals surface area contributed by atoms with E-state index in [9.17, 15) is 14.4 Å². The molecule has 7 nitrogen and oxygen atoms in total. The molecule has 0 aliphatic heterocycles. The van der Waals surface area contributed by atoms with Crippen LogP contribution in [0.2, 0.25) is 0 Å². The Hall–Kier alpha value is -3.39. The molecule has 3 amide bonds. The maximum Gasteiger partial charge on any atom is 0.291 e. The summed E-state index contributed by atoms with van der Waals surface area (Å²) in [6.07, 6.45) is 0. The summed E-state index contributed by atoms with van der Waals surface area (Å²) in [5.41, 5.74) is 3.72. The molecule has 3 aromatic rings. The second-order valence-corrected chi connectivity index (χ2v) is 7.87. The normalized spacial score (nSPS) is 10.5. The van der Waals surface area contributed by atoms with Crippen LogP contribution in [0, 0.1) is 13.8 Å². The van der Waals surface area contributed by atoms with Crippen LogP contribution < -0.4 is 10.6 Å². The van der Waals surface area contributed by atoms with Gasteiger partial charge in [-0.1, -0.05) is 12.1 Å². The minimum Gasteiger partial charge on any atom is -0.444 e. The van der Waals surface area contributed by atoms with Crippen LogP contribution in [0.5, 0.6) is 0 Å². The van der Waals surface area contributed by atoms with Crippen molar-refractivity contribution >= 4 is 45.0 Å². The Kier molecular flexibility index (Phi) is 6.91. The van der Waals surface area contributed by atoms with Gasteiger partial charge in [0.2, 0.25) is 5.91 Å². The van der Waals surface area contributed by atoms with E-state index in [1.807, 2.05) is 32.0 Å². The van der Waals surface area contributed by atoms with Crippen molar-refractivity contribution < 1.29 is 18.8 Å². The molecule has 2 N–H and O–H groups in total. The summed E-state index contributed by atoms with van der Waals surface area (Å²) >= 11 is 3.15. The number of nitrogens with zero attached hydrogens (tertiary/aromatic N) is 1. The highest BCUT2D eigenvalue weighted by atomic mass is 79.9. The Morgan fingerprint density at radius 1 is 0.968 bits per heavy atom. The van der Waals surface area contributed by atoms with Gasteiger partial charge in [-0.05, 0) is 83.4 Å². The van der Waals surface area contributed by atoms with Crippen molar-refractivity contribution in [2.24, 2.45) is 0 Å². The molecule has 1 heterocycles. The number of likely N-dealkylation sites (N-methyl/N-ethyl adjacent to an activating group) is 1. The molecule has 1 aromatic heterocycles. The van der Waals surface area contributed by atoms with Gasteiger partial charge >= 0.3 is 0 Å². The monoisotopic (exact) mass is 483 g/mol. The van der Waals surface area contributed by atoms with Crippen molar-refractivity contribution in [3.05, 3.63) is 81.7 Å². The number of furan rings is 1. The summed E-state index contributed by atoms with van der Waals surface area (Å²) in [6.45, 7) is 3.82. The van der Waals surface area contributed by atoms with Crippen LogP contribution in [0.25, 0.3) is 0 Å². The highest BCUT2D eigenvalue weighted by Gasteiger charge is 2.16. The number of nitrogens with one attached hydrogen (secondary N) is 2. The lowest BCUT2D eigenvalue weighted by Gasteiger charge is -2.18. The molecule has 0 atom stereocenters.